The van der Waals surface area contributed by atoms with Gasteiger partial charge in [0.25, 0.3) is 0 Å². The van der Waals surface area contributed by atoms with Gasteiger partial charge in [0, 0.05) is 11.6 Å². The molecule has 1 N–H and O–H groups in total. The Kier molecular flexibility index (Phi) is 2.94. The molecule has 0 atom stereocenters. The molecule has 0 fully saturated rings. The number of benzene rings is 1. The predicted molar refractivity (Wildman–Crippen MR) is 76.3 cm³/mol. The number of para-hydroxylation sites is 1. The summed E-state index contributed by atoms with van der Waals surface area (Å²) in [6.07, 6.45) is 2.02. The predicted octanol–water partition coefficient (Wildman–Crippen LogP) is 3.19. The molecule has 2 aromatic heterocycles. The fourth-order valence-corrected chi connectivity index (χ4v) is 2.85. The zero-order chi connectivity index (χ0) is 13.2. The van der Waals surface area contributed by atoms with E-state index in [1.807, 2.05) is 42.8 Å². The van der Waals surface area contributed by atoms with Crippen LogP contribution in [-0.2, 0) is 6.54 Å². The van der Waals surface area contributed by atoms with Crippen molar-refractivity contribution in [1.29, 1.82) is 5.26 Å². The molecule has 0 saturated carbocycles. The molecule has 0 bridgehead atoms. The number of hydrogen-bond donors (Lipinski definition) is 1. The maximum Gasteiger partial charge on any atom is 0.194 e. The summed E-state index contributed by atoms with van der Waals surface area (Å²) in [6.45, 7) is 2.66. The number of imidazole rings is 1. The zero-order valence-electron chi connectivity index (χ0n) is 10.4. The quantitative estimate of drug-likeness (QED) is 0.793. The first-order chi connectivity index (χ1) is 9.29. The number of aromatic nitrogens is 2. The maximum absolute atomic E-state index is 9.06. The molecule has 1 aromatic carbocycles. The normalized spacial score (nSPS) is 10.5. The first-order valence-corrected chi connectivity index (χ1v) is 6.81. The highest BCUT2D eigenvalue weighted by molar-refractivity contribution is 7.15. The highest BCUT2D eigenvalue weighted by atomic mass is 32.1. The van der Waals surface area contributed by atoms with E-state index < -0.39 is 0 Å². The standard InChI is InChI=1S/C14H12N4S/c1-10-13(18-6-7-19-14(18)17-10)9-16-12-5-3-2-4-11(12)8-15/h2-7,16H,9H2,1H3. The van der Waals surface area contributed by atoms with Crippen molar-refractivity contribution in [3.8, 4) is 6.07 Å². The lowest BCUT2D eigenvalue weighted by Crippen LogP contribution is -2.04. The lowest BCUT2D eigenvalue weighted by Gasteiger charge is -2.08. The van der Waals surface area contributed by atoms with E-state index in [1.165, 1.54) is 0 Å². The number of thiazole rings is 1. The SMILES string of the molecule is Cc1nc2sccn2c1CNc1ccccc1C#N. The Morgan fingerprint density at radius 3 is 3.11 bits per heavy atom. The number of hydrogen-bond acceptors (Lipinski definition) is 4. The topological polar surface area (TPSA) is 53.1 Å². The highest BCUT2D eigenvalue weighted by Crippen LogP contribution is 2.19. The van der Waals surface area contributed by atoms with Crippen molar-refractivity contribution in [2.45, 2.75) is 13.5 Å². The van der Waals surface area contributed by atoms with Crippen molar-refractivity contribution >= 4 is 22.0 Å². The number of aryl methyl sites for hydroxylation is 1. The molecule has 19 heavy (non-hydrogen) atoms. The molecule has 0 spiro atoms. The fraction of sp³-hybridized carbons (Fsp3) is 0.143. The third kappa shape index (κ3) is 2.07. The molecule has 4 nitrogen and oxygen atoms in total. The second-order valence-electron chi connectivity index (χ2n) is 4.21. The molecule has 0 unspecified atom stereocenters. The van der Waals surface area contributed by atoms with Crippen LogP contribution in [0.15, 0.2) is 35.8 Å². The summed E-state index contributed by atoms with van der Waals surface area (Å²) in [7, 11) is 0. The molecule has 5 heteroatoms. The van der Waals surface area contributed by atoms with Gasteiger partial charge in [-0.05, 0) is 19.1 Å². The minimum atomic E-state index is 0.655. The summed E-state index contributed by atoms with van der Waals surface area (Å²) in [5.74, 6) is 0. The van der Waals surface area contributed by atoms with Crippen LogP contribution >= 0.6 is 11.3 Å². The molecule has 0 aliphatic rings. The summed E-state index contributed by atoms with van der Waals surface area (Å²) < 4.78 is 2.09. The molecule has 0 saturated heterocycles. The molecule has 3 aromatic rings. The molecule has 2 heterocycles. The largest absolute Gasteiger partial charge is 0.378 e. The van der Waals surface area contributed by atoms with Gasteiger partial charge in [-0.25, -0.2) is 4.98 Å². The van der Waals surface area contributed by atoms with E-state index in [4.69, 9.17) is 5.26 Å². The maximum atomic E-state index is 9.06. The van der Waals surface area contributed by atoms with Crippen LogP contribution in [0.25, 0.3) is 4.96 Å². The molecule has 0 amide bonds. The van der Waals surface area contributed by atoms with E-state index >= 15 is 0 Å². The van der Waals surface area contributed by atoms with Crippen molar-refractivity contribution in [1.82, 2.24) is 9.38 Å². The van der Waals surface area contributed by atoms with Crippen molar-refractivity contribution in [3.05, 3.63) is 52.8 Å². The molecule has 3 rings (SSSR count). The van der Waals surface area contributed by atoms with Crippen molar-refractivity contribution in [2.75, 3.05) is 5.32 Å². The smallest absolute Gasteiger partial charge is 0.194 e. The fourth-order valence-electron chi connectivity index (χ4n) is 2.07. The Bertz CT molecular complexity index is 763. The summed E-state index contributed by atoms with van der Waals surface area (Å²) >= 11 is 1.62. The third-order valence-electron chi connectivity index (χ3n) is 3.06. The molecular weight excluding hydrogens is 256 g/mol. The monoisotopic (exact) mass is 268 g/mol. The van der Waals surface area contributed by atoms with E-state index in [0.717, 1.165) is 22.0 Å². The molecule has 0 aliphatic heterocycles. The first kappa shape index (κ1) is 11.8. The van der Waals surface area contributed by atoms with Crippen LogP contribution < -0.4 is 5.32 Å². The molecule has 0 radical (unpaired) electrons. The average molecular weight is 268 g/mol. The number of fused-ring (bicyclic) bond motifs is 1. The van der Waals surface area contributed by atoms with Gasteiger partial charge in [0.05, 0.1) is 29.2 Å². The van der Waals surface area contributed by atoms with Crippen LogP contribution in [0.3, 0.4) is 0 Å². The number of nitrogens with one attached hydrogen (secondary N) is 1. The number of anilines is 1. The van der Waals surface area contributed by atoms with Gasteiger partial charge in [0.1, 0.15) is 6.07 Å². The van der Waals surface area contributed by atoms with Gasteiger partial charge in [-0.2, -0.15) is 5.26 Å². The van der Waals surface area contributed by atoms with E-state index in [9.17, 15) is 0 Å². The molecular formula is C14H12N4S. The van der Waals surface area contributed by atoms with Gasteiger partial charge in [0.15, 0.2) is 4.96 Å². The second-order valence-corrected chi connectivity index (χ2v) is 5.08. The summed E-state index contributed by atoms with van der Waals surface area (Å²) in [6, 6.07) is 9.71. The van der Waals surface area contributed by atoms with Crippen LogP contribution in [-0.4, -0.2) is 9.38 Å². The van der Waals surface area contributed by atoms with Crippen molar-refractivity contribution < 1.29 is 0 Å². The van der Waals surface area contributed by atoms with E-state index in [1.54, 1.807) is 11.3 Å². The Morgan fingerprint density at radius 2 is 2.26 bits per heavy atom. The minimum Gasteiger partial charge on any atom is -0.378 e. The van der Waals surface area contributed by atoms with Crippen LogP contribution in [0.4, 0.5) is 5.69 Å². The van der Waals surface area contributed by atoms with Crippen molar-refractivity contribution in [2.24, 2.45) is 0 Å². The Hall–Kier alpha value is -2.32. The Balaban J connectivity index is 1.88. The van der Waals surface area contributed by atoms with Crippen LogP contribution in [0.5, 0.6) is 0 Å². The summed E-state index contributed by atoms with van der Waals surface area (Å²) in [4.78, 5) is 5.51. The van der Waals surface area contributed by atoms with Gasteiger partial charge in [0.2, 0.25) is 0 Å². The minimum absolute atomic E-state index is 0.655. The van der Waals surface area contributed by atoms with E-state index in [2.05, 4.69) is 20.8 Å². The number of nitrogens with zero attached hydrogens (tertiary/aromatic N) is 3. The molecule has 94 valence electrons. The number of rotatable bonds is 3. The Labute approximate surface area is 115 Å². The third-order valence-corrected chi connectivity index (χ3v) is 3.81. The van der Waals surface area contributed by atoms with Gasteiger partial charge in [-0.15, -0.1) is 11.3 Å². The lowest BCUT2D eigenvalue weighted by molar-refractivity contribution is 0.994. The Morgan fingerprint density at radius 1 is 1.42 bits per heavy atom. The average Bonchev–Trinajstić information content (AvgIpc) is 2.98. The van der Waals surface area contributed by atoms with Crippen molar-refractivity contribution in [3.63, 3.8) is 0 Å². The zero-order valence-corrected chi connectivity index (χ0v) is 11.2. The molecule has 0 aliphatic carbocycles. The summed E-state index contributed by atoms with van der Waals surface area (Å²) in [5.41, 5.74) is 3.67. The summed E-state index contributed by atoms with van der Waals surface area (Å²) in [5, 5.41) is 14.4. The lowest BCUT2D eigenvalue weighted by atomic mass is 10.2. The van der Waals surface area contributed by atoms with Crippen LogP contribution in [0.2, 0.25) is 0 Å². The first-order valence-electron chi connectivity index (χ1n) is 5.93. The number of nitriles is 1. The van der Waals surface area contributed by atoms with Gasteiger partial charge in [-0.1, -0.05) is 12.1 Å². The van der Waals surface area contributed by atoms with Gasteiger partial charge in [-0.3, -0.25) is 4.40 Å². The van der Waals surface area contributed by atoms with E-state index in [-0.39, 0.29) is 0 Å². The highest BCUT2D eigenvalue weighted by Gasteiger charge is 2.09. The van der Waals surface area contributed by atoms with Crippen LogP contribution in [0, 0.1) is 18.3 Å². The van der Waals surface area contributed by atoms with Crippen LogP contribution in [0.1, 0.15) is 17.0 Å². The van der Waals surface area contributed by atoms with E-state index in [0.29, 0.717) is 12.1 Å². The van der Waals surface area contributed by atoms with Gasteiger partial charge < -0.3 is 5.32 Å². The second kappa shape index (κ2) is 4.75. The van der Waals surface area contributed by atoms with Gasteiger partial charge >= 0.3 is 0 Å².